The van der Waals surface area contributed by atoms with E-state index in [2.05, 4.69) is 4.74 Å². The minimum Gasteiger partial charge on any atom is -0.479 e. The van der Waals surface area contributed by atoms with Gasteiger partial charge in [-0.1, -0.05) is 11.6 Å². The summed E-state index contributed by atoms with van der Waals surface area (Å²) >= 11 is 5.84. The van der Waals surface area contributed by atoms with Crippen molar-refractivity contribution in [2.45, 2.75) is 19.0 Å². The van der Waals surface area contributed by atoms with Gasteiger partial charge in [-0.05, 0) is 30.3 Å². The number of ether oxygens (including phenoxy) is 3. The number of carbonyl (C=O) groups is 3. The Balaban J connectivity index is 2.08. The number of carboxylic acids is 1. The molecule has 34 heavy (non-hydrogen) atoms. The minimum atomic E-state index is -4.62. The third kappa shape index (κ3) is 7.92. The van der Waals surface area contributed by atoms with Gasteiger partial charge in [0.25, 0.3) is 5.69 Å². The first-order chi connectivity index (χ1) is 15.9. The number of benzene rings is 2. The summed E-state index contributed by atoms with van der Waals surface area (Å²) in [6, 6.07) is 5.69. The van der Waals surface area contributed by atoms with Crippen LogP contribution in [-0.2, 0) is 36.5 Å². The zero-order valence-corrected chi connectivity index (χ0v) is 17.7. The SMILES string of the molecule is O=C(O)COC(=O)CCOC(=O)Cc1cc(Oc2ccc(C(F)(F)F)cc2Cl)ccc1[N+](=O)[O-]. The summed E-state index contributed by atoms with van der Waals surface area (Å²) in [6.45, 7) is -1.31. The van der Waals surface area contributed by atoms with Crippen molar-refractivity contribution in [2.75, 3.05) is 13.2 Å². The number of halogens is 4. The largest absolute Gasteiger partial charge is 0.479 e. The number of carbonyl (C=O) groups excluding carboxylic acids is 2. The van der Waals surface area contributed by atoms with Crippen molar-refractivity contribution in [3.63, 3.8) is 0 Å². The van der Waals surface area contributed by atoms with Gasteiger partial charge in [0.2, 0.25) is 0 Å². The number of rotatable bonds is 10. The van der Waals surface area contributed by atoms with Crippen molar-refractivity contribution in [2.24, 2.45) is 0 Å². The predicted molar refractivity (Wildman–Crippen MR) is 107 cm³/mol. The van der Waals surface area contributed by atoms with E-state index in [1.807, 2.05) is 0 Å². The van der Waals surface area contributed by atoms with Crippen LogP contribution in [0.4, 0.5) is 18.9 Å². The lowest BCUT2D eigenvalue weighted by Crippen LogP contribution is -2.16. The highest BCUT2D eigenvalue weighted by atomic mass is 35.5. The second kappa shape index (κ2) is 11.3. The van der Waals surface area contributed by atoms with Gasteiger partial charge in [0.1, 0.15) is 18.1 Å². The van der Waals surface area contributed by atoms with Gasteiger partial charge < -0.3 is 19.3 Å². The van der Waals surface area contributed by atoms with Crippen LogP contribution in [0.25, 0.3) is 0 Å². The number of esters is 2. The van der Waals surface area contributed by atoms with E-state index < -0.39 is 66.3 Å². The Labute approximate surface area is 193 Å². The van der Waals surface area contributed by atoms with Crippen LogP contribution in [0.15, 0.2) is 36.4 Å². The van der Waals surface area contributed by atoms with E-state index in [4.69, 9.17) is 26.2 Å². The monoisotopic (exact) mass is 505 g/mol. The normalized spacial score (nSPS) is 10.9. The summed E-state index contributed by atoms with van der Waals surface area (Å²) in [4.78, 5) is 44.1. The molecular formula is C20H15ClF3NO9. The molecule has 0 heterocycles. The lowest BCUT2D eigenvalue weighted by molar-refractivity contribution is -0.385. The molecule has 0 amide bonds. The summed E-state index contributed by atoms with van der Waals surface area (Å²) in [7, 11) is 0. The minimum absolute atomic E-state index is 0.0488. The second-order valence-corrected chi connectivity index (χ2v) is 6.90. The van der Waals surface area contributed by atoms with E-state index in [0.717, 1.165) is 24.3 Å². The number of carboxylic acid groups (broad SMARTS) is 1. The molecule has 0 unspecified atom stereocenters. The molecule has 1 N–H and O–H groups in total. The molecule has 0 aliphatic carbocycles. The third-order valence-corrected chi connectivity index (χ3v) is 4.29. The Morgan fingerprint density at radius 1 is 1.06 bits per heavy atom. The smallest absolute Gasteiger partial charge is 0.416 e. The number of hydrogen-bond acceptors (Lipinski definition) is 8. The second-order valence-electron chi connectivity index (χ2n) is 6.49. The maximum absolute atomic E-state index is 12.8. The first-order valence-corrected chi connectivity index (χ1v) is 9.59. The van der Waals surface area contributed by atoms with E-state index in [1.165, 1.54) is 6.07 Å². The van der Waals surface area contributed by atoms with Crippen molar-refractivity contribution >= 4 is 35.2 Å². The van der Waals surface area contributed by atoms with Crippen LogP contribution >= 0.6 is 11.6 Å². The molecular weight excluding hydrogens is 491 g/mol. The van der Waals surface area contributed by atoms with Crippen molar-refractivity contribution in [3.05, 3.63) is 62.7 Å². The molecule has 0 bridgehead atoms. The molecule has 0 saturated heterocycles. The van der Waals surface area contributed by atoms with E-state index in [-0.39, 0.29) is 22.1 Å². The summed E-state index contributed by atoms with van der Waals surface area (Å²) in [6.07, 6.45) is -5.65. The van der Waals surface area contributed by atoms with Gasteiger partial charge in [-0.25, -0.2) is 4.79 Å². The molecule has 182 valence electrons. The highest BCUT2D eigenvalue weighted by Gasteiger charge is 2.31. The summed E-state index contributed by atoms with van der Waals surface area (Å²) in [5, 5.41) is 19.3. The zero-order chi connectivity index (χ0) is 25.5. The van der Waals surface area contributed by atoms with Crippen molar-refractivity contribution < 1.29 is 51.8 Å². The van der Waals surface area contributed by atoms with Gasteiger partial charge in [0.05, 0.1) is 28.4 Å². The lowest BCUT2D eigenvalue weighted by Gasteiger charge is -2.12. The molecule has 14 heteroatoms. The maximum atomic E-state index is 12.8. The molecule has 2 aromatic rings. The van der Waals surface area contributed by atoms with Crippen LogP contribution in [0.1, 0.15) is 17.5 Å². The molecule has 2 rings (SSSR count). The fourth-order valence-corrected chi connectivity index (χ4v) is 2.72. The van der Waals surface area contributed by atoms with Gasteiger partial charge in [-0.15, -0.1) is 0 Å². The first kappa shape index (κ1) is 26.4. The molecule has 2 aromatic carbocycles. The van der Waals surface area contributed by atoms with E-state index in [0.29, 0.717) is 6.07 Å². The topological polar surface area (TPSA) is 142 Å². The number of nitro groups is 1. The Morgan fingerprint density at radius 2 is 1.76 bits per heavy atom. The van der Waals surface area contributed by atoms with Crippen LogP contribution in [0.5, 0.6) is 11.5 Å². The van der Waals surface area contributed by atoms with Gasteiger partial charge in [0.15, 0.2) is 6.61 Å². The first-order valence-electron chi connectivity index (χ1n) is 9.21. The van der Waals surface area contributed by atoms with E-state index >= 15 is 0 Å². The van der Waals surface area contributed by atoms with Crippen LogP contribution in [-0.4, -0.2) is 41.2 Å². The van der Waals surface area contributed by atoms with Crippen LogP contribution in [0.2, 0.25) is 5.02 Å². The van der Waals surface area contributed by atoms with Crippen molar-refractivity contribution in [3.8, 4) is 11.5 Å². The fourth-order valence-electron chi connectivity index (χ4n) is 2.50. The van der Waals surface area contributed by atoms with Crippen molar-refractivity contribution in [1.29, 1.82) is 0 Å². The molecule has 0 fully saturated rings. The van der Waals surface area contributed by atoms with Crippen LogP contribution < -0.4 is 4.74 Å². The summed E-state index contributed by atoms with van der Waals surface area (Å²) < 4.78 is 52.9. The predicted octanol–water partition coefficient (Wildman–Crippen LogP) is 4.16. The molecule has 0 atom stereocenters. The average Bonchev–Trinajstić information content (AvgIpc) is 2.73. The van der Waals surface area contributed by atoms with Crippen molar-refractivity contribution in [1.82, 2.24) is 0 Å². The number of nitrogens with zero attached hydrogens (tertiary/aromatic N) is 1. The summed E-state index contributed by atoms with van der Waals surface area (Å²) in [5.74, 6) is -3.44. The van der Waals surface area contributed by atoms with Gasteiger partial charge >= 0.3 is 24.1 Å². The lowest BCUT2D eigenvalue weighted by atomic mass is 10.1. The third-order valence-electron chi connectivity index (χ3n) is 4.00. The van der Waals surface area contributed by atoms with E-state index in [1.54, 1.807) is 0 Å². The van der Waals surface area contributed by atoms with Gasteiger partial charge in [-0.2, -0.15) is 13.2 Å². The average molecular weight is 506 g/mol. The maximum Gasteiger partial charge on any atom is 0.416 e. The number of nitro benzene ring substituents is 1. The Hall–Kier alpha value is -3.87. The quantitative estimate of drug-likeness (QED) is 0.286. The Bertz CT molecular complexity index is 1110. The molecule has 0 aromatic heterocycles. The molecule has 0 saturated carbocycles. The number of aliphatic carboxylic acids is 1. The van der Waals surface area contributed by atoms with Gasteiger partial charge in [-0.3, -0.25) is 19.7 Å². The number of alkyl halides is 3. The van der Waals surface area contributed by atoms with Crippen LogP contribution in [0.3, 0.4) is 0 Å². The molecule has 0 aliphatic rings. The molecule has 0 radical (unpaired) electrons. The zero-order valence-electron chi connectivity index (χ0n) is 17.0. The Morgan fingerprint density at radius 3 is 2.35 bits per heavy atom. The molecule has 0 spiro atoms. The standard InChI is InChI=1S/C20H15ClF3NO9/c21-14-9-12(20(22,23)24)1-4-16(14)34-13-2-3-15(25(30)31)11(7-13)8-19(29)32-6-5-18(28)33-10-17(26)27/h1-4,7,9H,5-6,8,10H2,(H,26,27). The van der Waals surface area contributed by atoms with Crippen LogP contribution in [0, 0.1) is 10.1 Å². The molecule has 0 aliphatic heterocycles. The molecule has 10 nitrogen and oxygen atoms in total. The van der Waals surface area contributed by atoms with E-state index in [9.17, 15) is 37.7 Å². The van der Waals surface area contributed by atoms with Gasteiger partial charge in [0, 0.05) is 11.6 Å². The highest BCUT2D eigenvalue weighted by Crippen LogP contribution is 2.37. The highest BCUT2D eigenvalue weighted by molar-refractivity contribution is 6.32. The fraction of sp³-hybridized carbons (Fsp3) is 0.250. The summed E-state index contributed by atoms with van der Waals surface area (Å²) in [5.41, 5.74) is -1.59. The number of hydrogen-bond donors (Lipinski definition) is 1. The Kier molecular flexibility index (Phi) is 8.78.